The third-order valence-corrected chi connectivity index (χ3v) is 6.74. The van der Waals surface area contributed by atoms with Crippen molar-refractivity contribution in [3.63, 3.8) is 0 Å². The highest BCUT2D eigenvalue weighted by Gasteiger charge is 2.22. The monoisotopic (exact) mass is 447 g/mol. The number of hydrogen-bond donors (Lipinski definition) is 1. The number of sulfonamides is 1. The predicted molar refractivity (Wildman–Crippen MR) is 118 cm³/mol. The van der Waals surface area contributed by atoms with Gasteiger partial charge in [-0.15, -0.1) is 0 Å². The van der Waals surface area contributed by atoms with Crippen LogP contribution in [0.2, 0.25) is 0 Å². The molecule has 0 aliphatic carbocycles. The van der Waals surface area contributed by atoms with Crippen LogP contribution in [0, 0.1) is 0 Å². The summed E-state index contributed by atoms with van der Waals surface area (Å²) in [5.41, 5.74) is 1.12. The lowest BCUT2D eigenvalue weighted by Crippen LogP contribution is -2.48. The highest BCUT2D eigenvalue weighted by molar-refractivity contribution is 7.89. The molecule has 2 aromatic carbocycles. The van der Waals surface area contributed by atoms with E-state index < -0.39 is 10.0 Å². The highest BCUT2D eigenvalue weighted by Crippen LogP contribution is 2.28. The van der Waals surface area contributed by atoms with Crippen LogP contribution in [0.3, 0.4) is 0 Å². The number of ether oxygens (including phenoxy) is 2. The number of rotatable bonds is 9. The summed E-state index contributed by atoms with van der Waals surface area (Å²) in [6, 6.07) is 14.0. The average molecular weight is 448 g/mol. The summed E-state index contributed by atoms with van der Waals surface area (Å²) < 4.78 is 37.6. The molecule has 1 aliphatic heterocycles. The van der Waals surface area contributed by atoms with Gasteiger partial charge in [-0.05, 0) is 29.8 Å². The second-order valence-electron chi connectivity index (χ2n) is 7.31. The molecule has 0 atom stereocenters. The van der Waals surface area contributed by atoms with E-state index in [4.69, 9.17) is 9.47 Å². The summed E-state index contributed by atoms with van der Waals surface area (Å²) in [7, 11) is -0.361. The van der Waals surface area contributed by atoms with Gasteiger partial charge in [-0.2, -0.15) is 0 Å². The standard InChI is InChI=1S/C22H29N3O5S/c1-29-20-9-8-18(16-21(20)30-2)17-24-12-14-25(15-13-24)22(26)10-11-23-31(27,28)19-6-4-3-5-7-19/h3-9,16,23H,10-15,17H2,1-2H3. The van der Waals surface area contributed by atoms with Gasteiger partial charge in [0.05, 0.1) is 19.1 Å². The van der Waals surface area contributed by atoms with E-state index in [2.05, 4.69) is 9.62 Å². The number of nitrogens with one attached hydrogen (secondary N) is 1. The smallest absolute Gasteiger partial charge is 0.240 e. The Hall–Kier alpha value is -2.62. The van der Waals surface area contributed by atoms with Crippen LogP contribution in [0.4, 0.5) is 0 Å². The zero-order valence-electron chi connectivity index (χ0n) is 17.9. The van der Waals surface area contributed by atoms with Gasteiger partial charge >= 0.3 is 0 Å². The largest absolute Gasteiger partial charge is 0.493 e. The fourth-order valence-electron chi connectivity index (χ4n) is 3.53. The maximum absolute atomic E-state index is 12.5. The number of methoxy groups -OCH3 is 2. The summed E-state index contributed by atoms with van der Waals surface area (Å²) in [6.45, 7) is 3.61. The minimum Gasteiger partial charge on any atom is -0.493 e. The Balaban J connectivity index is 1.43. The van der Waals surface area contributed by atoms with Crippen LogP contribution in [-0.2, 0) is 21.4 Å². The Morgan fingerprint density at radius 3 is 2.29 bits per heavy atom. The van der Waals surface area contributed by atoms with Gasteiger partial charge in [0.2, 0.25) is 15.9 Å². The molecule has 1 N–H and O–H groups in total. The Morgan fingerprint density at radius 2 is 1.65 bits per heavy atom. The molecular formula is C22H29N3O5S. The first-order valence-corrected chi connectivity index (χ1v) is 11.7. The van der Waals surface area contributed by atoms with Gasteiger partial charge in [-0.25, -0.2) is 13.1 Å². The minimum atomic E-state index is -3.59. The van der Waals surface area contributed by atoms with E-state index in [9.17, 15) is 13.2 Å². The fourth-order valence-corrected chi connectivity index (χ4v) is 4.58. The molecule has 1 saturated heterocycles. The Bertz CT molecular complexity index is 974. The first-order valence-electron chi connectivity index (χ1n) is 10.2. The van der Waals surface area contributed by atoms with Crippen LogP contribution in [0.25, 0.3) is 0 Å². The number of benzene rings is 2. The van der Waals surface area contributed by atoms with Crippen LogP contribution in [0.1, 0.15) is 12.0 Å². The second-order valence-corrected chi connectivity index (χ2v) is 9.07. The van der Waals surface area contributed by atoms with Crippen LogP contribution >= 0.6 is 0 Å². The van der Waals surface area contributed by atoms with Crippen molar-refractivity contribution in [3.8, 4) is 11.5 Å². The summed E-state index contributed by atoms with van der Waals surface area (Å²) in [6.07, 6.45) is 0.141. The van der Waals surface area contributed by atoms with Crippen molar-refractivity contribution in [2.24, 2.45) is 0 Å². The van der Waals surface area contributed by atoms with Gasteiger partial charge < -0.3 is 14.4 Å². The number of carbonyl (C=O) groups excluding carboxylic acids is 1. The topological polar surface area (TPSA) is 88.2 Å². The zero-order valence-corrected chi connectivity index (χ0v) is 18.7. The second kappa shape index (κ2) is 10.6. The SMILES string of the molecule is COc1ccc(CN2CCN(C(=O)CCNS(=O)(=O)c3ccccc3)CC2)cc1OC. The van der Waals surface area contributed by atoms with Crippen molar-refractivity contribution >= 4 is 15.9 Å². The third kappa shape index (κ3) is 6.19. The molecule has 0 spiro atoms. The molecule has 1 heterocycles. The molecule has 1 fully saturated rings. The van der Waals surface area contributed by atoms with E-state index in [1.165, 1.54) is 12.1 Å². The lowest BCUT2D eigenvalue weighted by atomic mass is 10.1. The van der Waals surface area contributed by atoms with Gasteiger partial charge in [0, 0.05) is 45.7 Å². The molecule has 1 aliphatic rings. The summed E-state index contributed by atoms with van der Waals surface area (Å²) in [5.74, 6) is 1.36. The number of amides is 1. The molecule has 1 amide bonds. The molecule has 0 unspecified atom stereocenters. The van der Waals surface area contributed by atoms with Crippen LogP contribution in [-0.4, -0.2) is 71.1 Å². The molecule has 0 saturated carbocycles. The van der Waals surface area contributed by atoms with Gasteiger partial charge in [0.1, 0.15) is 0 Å². The van der Waals surface area contributed by atoms with Crippen molar-refractivity contribution < 1.29 is 22.7 Å². The molecular weight excluding hydrogens is 418 g/mol. The number of hydrogen-bond acceptors (Lipinski definition) is 6. The van der Waals surface area contributed by atoms with Gasteiger partial charge in [-0.3, -0.25) is 9.69 Å². The quantitative estimate of drug-likeness (QED) is 0.630. The lowest BCUT2D eigenvalue weighted by molar-refractivity contribution is -0.132. The van der Waals surface area contributed by atoms with Crippen molar-refractivity contribution in [1.82, 2.24) is 14.5 Å². The van der Waals surface area contributed by atoms with Crippen LogP contribution < -0.4 is 14.2 Å². The average Bonchev–Trinajstić information content (AvgIpc) is 2.80. The van der Waals surface area contributed by atoms with Crippen molar-refractivity contribution in [2.45, 2.75) is 17.9 Å². The number of nitrogens with zero attached hydrogens (tertiary/aromatic N) is 2. The first kappa shape index (κ1) is 23.1. The van der Waals surface area contributed by atoms with E-state index >= 15 is 0 Å². The van der Waals surface area contributed by atoms with Crippen LogP contribution in [0.5, 0.6) is 11.5 Å². The van der Waals surface area contributed by atoms with Crippen molar-refractivity contribution in [3.05, 3.63) is 54.1 Å². The number of piperazine rings is 1. The van der Waals surface area contributed by atoms with E-state index in [-0.39, 0.29) is 23.8 Å². The molecule has 31 heavy (non-hydrogen) atoms. The van der Waals surface area contributed by atoms with Gasteiger partial charge in [0.15, 0.2) is 11.5 Å². The maximum Gasteiger partial charge on any atom is 0.240 e. The third-order valence-electron chi connectivity index (χ3n) is 5.26. The molecule has 0 radical (unpaired) electrons. The maximum atomic E-state index is 12.5. The van der Waals surface area contributed by atoms with Gasteiger partial charge in [0.25, 0.3) is 0 Å². The van der Waals surface area contributed by atoms with E-state index in [1.807, 2.05) is 18.2 Å². The molecule has 8 nitrogen and oxygen atoms in total. The molecule has 0 bridgehead atoms. The normalized spacial score (nSPS) is 15.0. The molecule has 0 aromatic heterocycles. The zero-order chi connectivity index (χ0) is 22.3. The minimum absolute atomic E-state index is 0.0403. The summed E-state index contributed by atoms with van der Waals surface area (Å²) >= 11 is 0. The van der Waals surface area contributed by atoms with E-state index in [0.29, 0.717) is 24.6 Å². The van der Waals surface area contributed by atoms with E-state index in [1.54, 1.807) is 37.3 Å². The van der Waals surface area contributed by atoms with Crippen molar-refractivity contribution in [1.29, 1.82) is 0 Å². The van der Waals surface area contributed by atoms with Crippen LogP contribution in [0.15, 0.2) is 53.4 Å². The summed E-state index contributed by atoms with van der Waals surface area (Å²) in [5, 5.41) is 0. The first-order chi connectivity index (χ1) is 14.9. The summed E-state index contributed by atoms with van der Waals surface area (Å²) in [4.78, 5) is 16.8. The highest BCUT2D eigenvalue weighted by atomic mass is 32.2. The molecule has 3 rings (SSSR count). The van der Waals surface area contributed by atoms with E-state index in [0.717, 1.165) is 25.2 Å². The van der Waals surface area contributed by atoms with Gasteiger partial charge in [-0.1, -0.05) is 24.3 Å². The Labute approximate surface area is 183 Å². The lowest BCUT2D eigenvalue weighted by Gasteiger charge is -2.35. The Morgan fingerprint density at radius 1 is 0.968 bits per heavy atom. The number of carbonyl (C=O) groups is 1. The molecule has 168 valence electrons. The molecule has 9 heteroatoms. The molecule has 2 aromatic rings. The predicted octanol–water partition coefficient (Wildman–Crippen LogP) is 1.72. The fraction of sp³-hybridized carbons (Fsp3) is 0.409. The Kier molecular flexibility index (Phi) is 7.89. The van der Waals surface area contributed by atoms with Crippen molar-refractivity contribution in [2.75, 3.05) is 46.9 Å².